The summed E-state index contributed by atoms with van der Waals surface area (Å²) < 4.78 is 14.0. The molecular weight excluding hydrogens is 261 g/mol. The van der Waals surface area contributed by atoms with Crippen LogP contribution in [0.5, 0.6) is 0 Å². The molecule has 21 heavy (non-hydrogen) atoms. The second kappa shape index (κ2) is 6.40. The SMILES string of the molecule is CNC1c2ccccc2CCCC1Cc1ccccc1F. The van der Waals surface area contributed by atoms with Gasteiger partial charge in [0.15, 0.2) is 0 Å². The average Bonchev–Trinajstić information content (AvgIpc) is 2.68. The van der Waals surface area contributed by atoms with Gasteiger partial charge in [0.05, 0.1) is 0 Å². The molecule has 1 aliphatic rings. The predicted molar refractivity (Wildman–Crippen MR) is 84.8 cm³/mol. The molecule has 2 aromatic rings. The summed E-state index contributed by atoms with van der Waals surface area (Å²) in [7, 11) is 2.01. The molecule has 0 aromatic heterocycles. The molecule has 0 spiro atoms. The summed E-state index contributed by atoms with van der Waals surface area (Å²) in [6.45, 7) is 0. The minimum absolute atomic E-state index is 0.0788. The first-order valence-corrected chi connectivity index (χ1v) is 7.78. The van der Waals surface area contributed by atoms with Crippen molar-refractivity contribution >= 4 is 0 Å². The lowest BCUT2D eigenvalue weighted by Crippen LogP contribution is -2.26. The van der Waals surface area contributed by atoms with Crippen LogP contribution in [-0.2, 0) is 12.8 Å². The van der Waals surface area contributed by atoms with Gasteiger partial charge in [-0.3, -0.25) is 0 Å². The lowest BCUT2D eigenvalue weighted by molar-refractivity contribution is 0.355. The fourth-order valence-corrected chi connectivity index (χ4v) is 3.60. The van der Waals surface area contributed by atoms with Crippen LogP contribution in [-0.4, -0.2) is 7.05 Å². The minimum Gasteiger partial charge on any atom is -0.313 e. The second-order valence-corrected chi connectivity index (χ2v) is 5.91. The van der Waals surface area contributed by atoms with Gasteiger partial charge in [-0.25, -0.2) is 4.39 Å². The first kappa shape index (κ1) is 14.3. The fourth-order valence-electron chi connectivity index (χ4n) is 3.60. The Labute approximate surface area is 126 Å². The Balaban J connectivity index is 1.90. The molecule has 1 N–H and O–H groups in total. The maximum absolute atomic E-state index is 14.0. The highest BCUT2D eigenvalue weighted by atomic mass is 19.1. The van der Waals surface area contributed by atoms with Gasteiger partial charge in [0.2, 0.25) is 0 Å². The molecule has 0 bridgehead atoms. The zero-order valence-electron chi connectivity index (χ0n) is 12.5. The highest BCUT2D eigenvalue weighted by Gasteiger charge is 2.27. The Kier molecular flexibility index (Phi) is 4.35. The molecule has 110 valence electrons. The van der Waals surface area contributed by atoms with Crippen molar-refractivity contribution in [1.82, 2.24) is 5.32 Å². The summed E-state index contributed by atoms with van der Waals surface area (Å²) in [5.41, 5.74) is 3.66. The van der Waals surface area contributed by atoms with Crippen molar-refractivity contribution in [3.05, 3.63) is 71.0 Å². The third-order valence-corrected chi connectivity index (χ3v) is 4.63. The smallest absolute Gasteiger partial charge is 0.126 e. The molecule has 0 saturated heterocycles. The van der Waals surface area contributed by atoms with E-state index in [0.717, 1.165) is 24.8 Å². The Morgan fingerprint density at radius 1 is 1.10 bits per heavy atom. The van der Waals surface area contributed by atoms with E-state index in [1.165, 1.54) is 17.5 Å². The van der Waals surface area contributed by atoms with Gasteiger partial charge in [-0.05, 0) is 61.4 Å². The van der Waals surface area contributed by atoms with E-state index in [-0.39, 0.29) is 5.82 Å². The molecule has 0 saturated carbocycles. The van der Waals surface area contributed by atoms with E-state index in [0.29, 0.717) is 12.0 Å². The van der Waals surface area contributed by atoms with E-state index in [9.17, 15) is 4.39 Å². The first-order valence-electron chi connectivity index (χ1n) is 7.78. The van der Waals surface area contributed by atoms with Gasteiger partial charge >= 0.3 is 0 Å². The van der Waals surface area contributed by atoms with Crippen LogP contribution in [0.25, 0.3) is 0 Å². The van der Waals surface area contributed by atoms with Gasteiger partial charge in [-0.2, -0.15) is 0 Å². The number of nitrogens with one attached hydrogen (secondary N) is 1. The van der Waals surface area contributed by atoms with Crippen LogP contribution < -0.4 is 5.32 Å². The van der Waals surface area contributed by atoms with Crippen molar-refractivity contribution in [2.45, 2.75) is 31.7 Å². The van der Waals surface area contributed by atoms with Gasteiger partial charge in [-0.1, -0.05) is 42.5 Å². The van der Waals surface area contributed by atoms with Gasteiger partial charge < -0.3 is 5.32 Å². The molecular formula is C19H22FN. The van der Waals surface area contributed by atoms with E-state index in [4.69, 9.17) is 0 Å². The van der Waals surface area contributed by atoms with Crippen molar-refractivity contribution in [3.63, 3.8) is 0 Å². The van der Waals surface area contributed by atoms with E-state index >= 15 is 0 Å². The molecule has 0 amide bonds. The van der Waals surface area contributed by atoms with Crippen LogP contribution in [0, 0.1) is 11.7 Å². The second-order valence-electron chi connectivity index (χ2n) is 5.91. The molecule has 1 nitrogen and oxygen atoms in total. The van der Waals surface area contributed by atoms with E-state index < -0.39 is 0 Å². The zero-order chi connectivity index (χ0) is 14.7. The number of aryl methyl sites for hydroxylation is 1. The molecule has 2 atom stereocenters. The van der Waals surface area contributed by atoms with E-state index in [2.05, 4.69) is 29.6 Å². The number of rotatable bonds is 3. The Bertz CT molecular complexity index is 608. The van der Waals surface area contributed by atoms with Crippen LogP contribution in [0.4, 0.5) is 4.39 Å². The molecule has 0 fully saturated rings. The molecule has 2 aromatic carbocycles. The van der Waals surface area contributed by atoms with Gasteiger partial charge in [0, 0.05) is 6.04 Å². The third kappa shape index (κ3) is 3.01. The topological polar surface area (TPSA) is 12.0 Å². The van der Waals surface area contributed by atoms with Crippen molar-refractivity contribution in [1.29, 1.82) is 0 Å². The van der Waals surface area contributed by atoms with Crippen molar-refractivity contribution < 1.29 is 4.39 Å². The Morgan fingerprint density at radius 2 is 1.86 bits per heavy atom. The Hall–Kier alpha value is -1.67. The number of hydrogen-bond donors (Lipinski definition) is 1. The maximum Gasteiger partial charge on any atom is 0.126 e. The summed E-state index contributed by atoms with van der Waals surface area (Å²) in [6, 6.07) is 16.1. The summed E-state index contributed by atoms with van der Waals surface area (Å²) in [6.07, 6.45) is 4.23. The van der Waals surface area contributed by atoms with E-state index in [1.54, 1.807) is 12.1 Å². The normalized spacial score (nSPS) is 21.6. The van der Waals surface area contributed by atoms with Gasteiger partial charge in [0.1, 0.15) is 5.82 Å². The summed E-state index contributed by atoms with van der Waals surface area (Å²) in [5, 5.41) is 3.47. The average molecular weight is 283 g/mol. The molecule has 0 aliphatic heterocycles. The minimum atomic E-state index is -0.0788. The Morgan fingerprint density at radius 3 is 2.67 bits per heavy atom. The zero-order valence-corrected chi connectivity index (χ0v) is 12.5. The summed E-state index contributed by atoms with van der Waals surface area (Å²) in [4.78, 5) is 0. The van der Waals surface area contributed by atoms with E-state index in [1.807, 2.05) is 19.2 Å². The highest BCUT2D eigenvalue weighted by molar-refractivity contribution is 5.32. The largest absolute Gasteiger partial charge is 0.313 e. The lowest BCUT2D eigenvalue weighted by Gasteiger charge is -2.26. The molecule has 2 unspecified atom stereocenters. The van der Waals surface area contributed by atoms with Crippen LogP contribution >= 0.6 is 0 Å². The molecule has 0 radical (unpaired) electrons. The van der Waals surface area contributed by atoms with Gasteiger partial charge in [-0.15, -0.1) is 0 Å². The maximum atomic E-state index is 14.0. The monoisotopic (exact) mass is 283 g/mol. The summed E-state index contributed by atoms with van der Waals surface area (Å²) in [5.74, 6) is 0.362. The summed E-state index contributed by atoms with van der Waals surface area (Å²) >= 11 is 0. The number of hydrogen-bond acceptors (Lipinski definition) is 1. The number of benzene rings is 2. The van der Waals surface area contributed by atoms with Crippen LogP contribution in [0.3, 0.4) is 0 Å². The molecule has 2 heteroatoms. The molecule has 1 aliphatic carbocycles. The molecule has 3 rings (SSSR count). The lowest BCUT2D eigenvalue weighted by atomic mass is 9.86. The van der Waals surface area contributed by atoms with Crippen LogP contribution in [0.1, 0.15) is 35.6 Å². The molecule has 0 heterocycles. The quantitative estimate of drug-likeness (QED) is 0.829. The first-order chi connectivity index (χ1) is 10.3. The standard InChI is InChI=1S/C19H22FN/c1-21-19-16(13-15-8-3-5-12-18(15)20)10-6-9-14-7-2-4-11-17(14)19/h2-5,7-8,11-12,16,19,21H,6,9-10,13H2,1H3. The van der Waals surface area contributed by atoms with Crippen LogP contribution in [0.15, 0.2) is 48.5 Å². The predicted octanol–water partition coefficient (Wildman–Crippen LogP) is 4.28. The highest BCUT2D eigenvalue weighted by Crippen LogP contribution is 2.35. The van der Waals surface area contributed by atoms with Crippen LogP contribution in [0.2, 0.25) is 0 Å². The van der Waals surface area contributed by atoms with Gasteiger partial charge in [0.25, 0.3) is 0 Å². The van der Waals surface area contributed by atoms with Crippen molar-refractivity contribution in [3.8, 4) is 0 Å². The van der Waals surface area contributed by atoms with Crippen molar-refractivity contribution in [2.75, 3.05) is 7.05 Å². The fraction of sp³-hybridized carbons (Fsp3) is 0.368. The van der Waals surface area contributed by atoms with Crippen molar-refractivity contribution in [2.24, 2.45) is 5.92 Å². The third-order valence-electron chi connectivity index (χ3n) is 4.63. The number of halogens is 1. The number of fused-ring (bicyclic) bond motifs is 1.